The second-order valence-electron chi connectivity index (χ2n) is 6.69. The molecule has 1 aliphatic heterocycles. The maximum Gasteiger partial charge on any atom is 0.243 e. The standard InChI is InChI=1S/C17H28N2O2S.ClH/c1-14(2)12-15-5-7-17(8-6-15)22(20,21)19-11-3-4-16(13-19)9-10-18;/h5-8,14,16H,3-4,9-13,18H2,1-2H3;1H. The van der Waals surface area contributed by atoms with Gasteiger partial charge in [-0.3, -0.25) is 0 Å². The Balaban J connectivity index is 0.00000264. The summed E-state index contributed by atoms with van der Waals surface area (Å²) in [5.74, 6) is 0.968. The van der Waals surface area contributed by atoms with Crippen LogP contribution in [-0.4, -0.2) is 32.4 Å². The fraction of sp³-hybridized carbons (Fsp3) is 0.647. The predicted octanol–water partition coefficient (Wildman–Crippen LogP) is 3.06. The van der Waals surface area contributed by atoms with Gasteiger partial charge < -0.3 is 5.73 Å². The average Bonchev–Trinajstić information content (AvgIpc) is 2.48. The number of halogens is 1. The molecule has 0 aromatic heterocycles. The van der Waals surface area contributed by atoms with E-state index >= 15 is 0 Å². The lowest BCUT2D eigenvalue weighted by Gasteiger charge is -2.31. The van der Waals surface area contributed by atoms with Crippen molar-refractivity contribution in [3.05, 3.63) is 29.8 Å². The summed E-state index contributed by atoms with van der Waals surface area (Å²) >= 11 is 0. The monoisotopic (exact) mass is 360 g/mol. The fourth-order valence-electron chi connectivity index (χ4n) is 3.13. The molecular formula is C17H29ClN2O2S. The first-order valence-corrected chi connectivity index (χ1v) is 9.66. The molecule has 2 N–H and O–H groups in total. The molecule has 0 radical (unpaired) electrons. The number of rotatable bonds is 6. The van der Waals surface area contributed by atoms with E-state index in [1.165, 1.54) is 5.56 Å². The largest absolute Gasteiger partial charge is 0.330 e. The quantitative estimate of drug-likeness (QED) is 0.847. The molecule has 1 unspecified atom stereocenters. The van der Waals surface area contributed by atoms with Crippen LogP contribution in [0.3, 0.4) is 0 Å². The van der Waals surface area contributed by atoms with Crippen LogP contribution in [0.15, 0.2) is 29.2 Å². The zero-order valence-corrected chi connectivity index (χ0v) is 15.7. The van der Waals surface area contributed by atoms with Crippen LogP contribution in [0.4, 0.5) is 0 Å². The number of hydrogen-bond acceptors (Lipinski definition) is 3. The minimum absolute atomic E-state index is 0. The lowest BCUT2D eigenvalue weighted by Crippen LogP contribution is -2.40. The van der Waals surface area contributed by atoms with Gasteiger partial charge in [0.15, 0.2) is 0 Å². The third kappa shape index (κ3) is 5.45. The highest BCUT2D eigenvalue weighted by atomic mass is 35.5. The van der Waals surface area contributed by atoms with Crippen LogP contribution >= 0.6 is 12.4 Å². The van der Waals surface area contributed by atoms with Crippen LogP contribution in [0.2, 0.25) is 0 Å². The van der Waals surface area contributed by atoms with Gasteiger partial charge in [0.2, 0.25) is 10.0 Å². The normalized spacial score (nSPS) is 19.6. The molecule has 1 atom stereocenters. The topological polar surface area (TPSA) is 63.4 Å². The summed E-state index contributed by atoms with van der Waals surface area (Å²) in [5, 5.41) is 0. The third-order valence-corrected chi connectivity index (χ3v) is 6.14. The Labute approximate surface area is 146 Å². The van der Waals surface area contributed by atoms with Gasteiger partial charge in [0, 0.05) is 13.1 Å². The van der Waals surface area contributed by atoms with Crippen molar-refractivity contribution in [2.45, 2.75) is 44.4 Å². The smallest absolute Gasteiger partial charge is 0.243 e. The summed E-state index contributed by atoms with van der Waals surface area (Å²) in [7, 11) is -3.37. The molecule has 0 spiro atoms. The molecule has 23 heavy (non-hydrogen) atoms. The lowest BCUT2D eigenvalue weighted by atomic mass is 9.96. The van der Waals surface area contributed by atoms with Crippen molar-refractivity contribution in [3.8, 4) is 0 Å². The number of hydrogen-bond donors (Lipinski definition) is 1. The Kier molecular flexibility index (Phi) is 8.01. The van der Waals surface area contributed by atoms with Crippen LogP contribution in [0.5, 0.6) is 0 Å². The van der Waals surface area contributed by atoms with Crippen LogP contribution in [0.25, 0.3) is 0 Å². The van der Waals surface area contributed by atoms with E-state index in [1.807, 2.05) is 12.1 Å². The van der Waals surface area contributed by atoms with Crippen molar-refractivity contribution in [1.29, 1.82) is 0 Å². The molecule has 1 aromatic carbocycles. The Morgan fingerprint density at radius 2 is 1.91 bits per heavy atom. The number of benzene rings is 1. The third-order valence-electron chi connectivity index (χ3n) is 4.26. The second kappa shape index (κ2) is 9.02. The molecule has 4 nitrogen and oxygen atoms in total. The maximum atomic E-state index is 12.8. The van der Waals surface area contributed by atoms with E-state index in [2.05, 4.69) is 13.8 Å². The van der Waals surface area contributed by atoms with Gasteiger partial charge in [0.05, 0.1) is 4.90 Å². The van der Waals surface area contributed by atoms with Gasteiger partial charge >= 0.3 is 0 Å². The summed E-state index contributed by atoms with van der Waals surface area (Å²) in [5.41, 5.74) is 6.80. The van der Waals surface area contributed by atoms with Crippen LogP contribution in [0, 0.1) is 11.8 Å². The summed E-state index contributed by atoms with van der Waals surface area (Å²) in [4.78, 5) is 0.411. The van der Waals surface area contributed by atoms with E-state index in [0.717, 1.165) is 25.7 Å². The molecule has 1 heterocycles. The van der Waals surface area contributed by atoms with E-state index in [-0.39, 0.29) is 12.4 Å². The molecular weight excluding hydrogens is 332 g/mol. The first-order valence-electron chi connectivity index (χ1n) is 8.22. The summed E-state index contributed by atoms with van der Waals surface area (Å²) in [6.07, 6.45) is 3.88. The van der Waals surface area contributed by atoms with Crippen molar-refractivity contribution in [2.75, 3.05) is 19.6 Å². The fourth-order valence-corrected chi connectivity index (χ4v) is 4.69. The van der Waals surface area contributed by atoms with Gasteiger partial charge in [-0.15, -0.1) is 12.4 Å². The van der Waals surface area contributed by atoms with E-state index in [0.29, 0.717) is 36.4 Å². The predicted molar refractivity (Wildman–Crippen MR) is 97.4 cm³/mol. The zero-order valence-electron chi connectivity index (χ0n) is 14.1. The molecule has 1 fully saturated rings. The second-order valence-corrected chi connectivity index (χ2v) is 8.63. The van der Waals surface area contributed by atoms with Gasteiger partial charge in [-0.05, 0) is 61.8 Å². The highest BCUT2D eigenvalue weighted by Crippen LogP contribution is 2.25. The van der Waals surface area contributed by atoms with E-state index in [9.17, 15) is 8.42 Å². The minimum Gasteiger partial charge on any atom is -0.330 e. The zero-order chi connectivity index (χ0) is 16.2. The Morgan fingerprint density at radius 3 is 2.48 bits per heavy atom. The number of nitrogens with zero attached hydrogens (tertiary/aromatic N) is 1. The molecule has 0 saturated carbocycles. The minimum atomic E-state index is -3.37. The molecule has 2 rings (SSSR count). The van der Waals surface area contributed by atoms with Crippen molar-refractivity contribution in [2.24, 2.45) is 17.6 Å². The highest BCUT2D eigenvalue weighted by Gasteiger charge is 2.29. The molecule has 0 amide bonds. The molecule has 0 bridgehead atoms. The molecule has 132 valence electrons. The molecule has 6 heteroatoms. The Bertz CT molecular complexity index is 571. The molecule has 1 saturated heterocycles. The Hall–Kier alpha value is -0.620. The number of sulfonamides is 1. The maximum absolute atomic E-state index is 12.8. The van der Waals surface area contributed by atoms with Crippen LogP contribution < -0.4 is 5.73 Å². The molecule has 0 aliphatic carbocycles. The van der Waals surface area contributed by atoms with Gasteiger partial charge in [0.1, 0.15) is 0 Å². The average molecular weight is 361 g/mol. The van der Waals surface area contributed by atoms with Crippen LogP contribution in [0.1, 0.15) is 38.7 Å². The van der Waals surface area contributed by atoms with E-state index < -0.39 is 10.0 Å². The van der Waals surface area contributed by atoms with E-state index in [4.69, 9.17) is 5.73 Å². The first-order chi connectivity index (χ1) is 10.4. The highest BCUT2D eigenvalue weighted by molar-refractivity contribution is 7.89. The first kappa shape index (κ1) is 20.4. The van der Waals surface area contributed by atoms with Gasteiger partial charge in [-0.1, -0.05) is 26.0 Å². The van der Waals surface area contributed by atoms with Crippen LogP contribution in [-0.2, 0) is 16.4 Å². The van der Waals surface area contributed by atoms with E-state index in [1.54, 1.807) is 16.4 Å². The number of nitrogens with two attached hydrogens (primary N) is 1. The van der Waals surface area contributed by atoms with Crippen molar-refractivity contribution < 1.29 is 8.42 Å². The molecule has 1 aliphatic rings. The lowest BCUT2D eigenvalue weighted by molar-refractivity contribution is 0.258. The summed E-state index contributed by atoms with van der Waals surface area (Å²) in [6.45, 7) is 6.18. The van der Waals surface area contributed by atoms with Crippen molar-refractivity contribution >= 4 is 22.4 Å². The summed E-state index contributed by atoms with van der Waals surface area (Å²) < 4.78 is 27.2. The Morgan fingerprint density at radius 1 is 1.26 bits per heavy atom. The molecule has 1 aromatic rings. The van der Waals surface area contributed by atoms with Gasteiger partial charge in [-0.2, -0.15) is 4.31 Å². The van der Waals surface area contributed by atoms with Gasteiger partial charge in [0.25, 0.3) is 0 Å². The SMILES string of the molecule is CC(C)Cc1ccc(S(=O)(=O)N2CCCC(CCN)C2)cc1.Cl. The summed E-state index contributed by atoms with van der Waals surface area (Å²) in [6, 6.07) is 7.38. The van der Waals surface area contributed by atoms with Crippen molar-refractivity contribution in [1.82, 2.24) is 4.31 Å². The van der Waals surface area contributed by atoms with Crippen molar-refractivity contribution in [3.63, 3.8) is 0 Å². The van der Waals surface area contributed by atoms with Gasteiger partial charge in [-0.25, -0.2) is 8.42 Å². The number of piperidine rings is 1.